The number of aryl methyl sites for hydroxylation is 2. The van der Waals surface area contributed by atoms with Gasteiger partial charge in [-0.15, -0.1) is 0 Å². The van der Waals surface area contributed by atoms with E-state index < -0.39 is 12.6 Å². The number of alkyl halides is 3. The molecule has 0 saturated heterocycles. The maximum Gasteiger partial charge on any atom is 0.396 e. The van der Waals surface area contributed by atoms with Crippen LogP contribution in [-0.4, -0.2) is 29.2 Å². The van der Waals surface area contributed by atoms with Crippen LogP contribution in [0.1, 0.15) is 36.1 Å². The molecule has 1 N–H and O–H groups in total. The molecule has 0 bridgehead atoms. The number of aromatic nitrogens is 2. The van der Waals surface area contributed by atoms with Gasteiger partial charge < -0.3 is 5.32 Å². The summed E-state index contributed by atoms with van der Waals surface area (Å²) in [5.41, 5.74) is 2.27. The van der Waals surface area contributed by atoms with Crippen LogP contribution < -0.4 is 5.32 Å². The lowest BCUT2D eigenvalue weighted by atomic mass is 10.1. The molecule has 0 saturated carbocycles. The maximum absolute atomic E-state index is 12.3. The van der Waals surface area contributed by atoms with E-state index in [0.29, 0.717) is 11.4 Å². The minimum Gasteiger partial charge on any atom is -0.317 e. The van der Waals surface area contributed by atoms with Crippen molar-refractivity contribution in [2.24, 2.45) is 0 Å². The summed E-state index contributed by atoms with van der Waals surface area (Å²) >= 11 is 0. The predicted octanol–water partition coefficient (Wildman–Crippen LogP) is 2.74. The number of hydrogen-bond acceptors (Lipinski definition) is 3. The first-order chi connectivity index (χ1) is 8.83. The van der Waals surface area contributed by atoms with E-state index in [0.717, 1.165) is 31.5 Å². The first kappa shape index (κ1) is 15.9. The topological polar surface area (TPSA) is 37.8 Å². The van der Waals surface area contributed by atoms with Crippen molar-refractivity contribution in [1.29, 1.82) is 0 Å². The molecule has 0 aliphatic heterocycles. The lowest BCUT2D eigenvalue weighted by Crippen LogP contribution is -2.17. The van der Waals surface area contributed by atoms with Crippen molar-refractivity contribution in [1.82, 2.24) is 15.3 Å². The highest BCUT2D eigenvalue weighted by Crippen LogP contribution is 2.21. The summed E-state index contributed by atoms with van der Waals surface area (Å²) in [4.78, 5) is 7.93. The summed E-state index contributed by atoms with van der Waals surface area (Å²) in [5.74, 6) is -0.141. The Bertz CT molecular complexity index is 393. The van der Waals surface area contributed by atoms with Gasteiger partial charge in [0.05, 0.1) is 0 Å². The van der Waals surface area contributed by atoms with Crippen LogP contribution in [0.4, 0.5) is 13.2 Å². The SMILES string of the molecule is CCNCCCc1c(C)nc(CC(F)(F)F)nc1C. The highest BCUT2D eigenvalue weighted by Gasteiger charge is 2.29. The van der Waals surface area contributed by atoms with E-state index in [2.05, 4.69) is 15.3 Å². The van der Waals surface area contributed by atoms with Crippen LogP contribution >= 0.6 is 0 Å². The fraction of sp³-hybridized carbons (Fsp3) is 0.692. The molecule has 1 aromatic heterocycles. The molecule has 0 aliphatic rings. The van der Waals surface area contributed by atoms with E-state index in [-0.39, 0.29) is 5.82 Å². The molecule has 0 fully saturated rings. The Balaban J connectivity index is 2.74. The molecule has 3 nitrogen and oxygen atoms in total. The summed E-state index contributed by atoms with van der Waals surface area (Å²) in [6.07, 6.45) is -3.60. The summed E-state index contributed by atoms with van der Waals surface area (Å²) in [6.45, 7) is 7.33. The second-order valence-corrected chi connectivity index (χ2v) is 4.54. The lowest BCUT2D eigenvalue weighted by molar-refractivity contribution is -0.128. The second-order valence-electron chi connectivity index (χ2n) is 4.54. The Morgan fingerprint density at radius 1 is 1.11 bits per heavy atom. The van der Waals surface area contributed by atoms with Gasteiger partial charge in [0.25, 0.3) is 0 Å². The molecule has 0 aromatic carbocycles. The highest BCUT2D eigenvalue weighted by molar-refractivity contribution is 5.24. The van der Waals surface area contributed by atoms with Gasteiger partial charge in [-0.05, 0) is 45.3 Å². The van der Waals surface area contributed by atoms with Crippen LogP contribution in [-0.2, 0) is 12.8 Å². The normalized spacial score (nSPS) is 11.9. The lowest BCUT2D eigenvalue weighted by Gasteiger charge is -2.12. The van der Waals surface area contributed by atoms with Crippen LogP contribution in [0.5, 0.6) is 0 Å². The average molecular weight is 275 g/mol. The molecular formula is C13H20F3N3. The molecular weight excluding hydrogens is 255 g/mol. The van der Waals surface area contributed by atoms with E-state index in [4.69, 9.17) is 0 Å². The molecule has 0 radical (unpaired) electrons. The van der Waals surface area contributed by atoms with Crippen LogP contribution in [0.25, 0.3) is 0 Å². The van der Waals surface area contributed by atoms with Gasteiger partial charge in [-0.2, -0.15) is 13.2 Å². The number of rotatable bonds is 6. The Hall–Kier alpha value is -1.17. The van der Waals surface area contributed by atoms with Gasteiger partial charge in [-0.3, -0.25) is 0 Å². The van der Waals surface area contributed by atoms with Gasteiger partial charge in [-0.1, -0.05) is 6.92 Å². The smallest absolute Gasteiger partial charge is 0.317 e. The largest absolute Gasteiger partial charge is 0.396 e. The molecule has 0 aliphatic carbocycles. The van der Waals surface area contributed by atoms with Crippen molar-refractivity contribution in [3.05, 3.63) is 22.8 Å². The first-order valence-corrected chi connectivity index (χ1v) is 6.44. The summed E-state index contributed by atoms with van der Waals surface area (Å²) in [7, 11) is 0. The van der Waals surface area contributed by atoms with Crippen molar-refractivity contribution < 1.29 is 13.2 Å². The van der Waals surface area contributed by atoms with Crippen LogP contribution in [0, 0.1) is 13.8 Å². The van der Waals surface area contributed by atoms with Crippen molar-refractivity contribution in [3.63, 3.8) is 0 Å². The Morgan fingerprint density at radius 2 is 1.68 bits per heavy atom. The average Bonchev–Trinajstić information content (AvgIpc) is 2.24. The van der Waals surface area contributed by atoms with E-state index >= 15 is 0 Å². The number of hydrogen-bond donors (Lipinski definition) is 1. The van der Waals surface area contributed by atoms with E-state index in [9.17, 15) is 13.2 Å². The Labute approximate surface area is 111 Å². The molecule has 0 spiro atoms. The van der Waals surface area contributed by atoms with Crippen molar-refractivity contribution in [2.75, 3.05) is 13.1 Å². The standard InChI is InChI=1S/C13H20F3N3/c1-4-17-7-5-6-11-9(2)18-12(19-10(11)3)8-13(14,15)16/h17H,4-8H2,1-3H3. The molecule has 0 unspecified atom stereocenters. The monoisotopic (exact) mass is 275 g/mol. The third-order valence-electron chi connectivity index (χ3n) is 2.86. The summed E-state index contributed by atoms with van der Waals surface area (Å²) in [6, 6.07) is 0. The van der Waals surface area contributed by atoms with Gasteiger partial charge in [0.1, 0.15) is 12.2 Å². The van der Waals surface area contributed by atoms with Gasteiger partial charge in [-0.25, -0.2) is 9.97 Å². The zero-order valence-corrected chi connectivity index (χ0v) is 11.6. The Kier molecular flexibility index (Phi) is 5.72. The molecule has 108 valence electrons. The first-order valence-electron chi connectivity index (χ1n) is 6.44. The van der Waals surface area contributed by atoms with Crippen LogP contribution in [0.2, 0.25) is 0 Å². The fourth-order valence-corrected chi connectivity index (χ4v) is 2.00. The van der Waals surface area contributed by atoms with Gasteiger partial charge in [0, 0.05) is 11.4 Å². The molecule has 19 heavy (non-hydrogen) atoms. The zero-order valence-electron chi connectivity index (χ0n) is 11.6. The van der Waals surface area contributed by atoms with E-state index in [1.165, 1.54) is 0 Å². The number of nitrogens with one attached hydrogen (secondary N) is 1. The fourth-order valence-electron chi connectivity index (χ4n) is 2.00. The van der Waals surface area contributed by atoms with Crippen LogP contribution in [0.15, 0.2) is 0 Å². The van der Waals surface area contributed by atoms with Crippen molar-refractivity contribution in [3.8, 4) is 0 Å². The Morgan fingerprint density at radius 3 is 2.16 bits per heavy atom. The van der Waals surface area contributed by atoms with E-state index in [1.807, 2.05) is 6.92 Å². The third kappa shape index (κ3) is 5.55. The zero-order chi connectivity index (χ0) is 14.5. The molecule has 1 heterocycles. The van der Waals surface area contributed by atoms with Gasteiger partial charge >= 0.3 is 6.18 Å². The predicted molar refractivity (Wildman–Crippen MR) is 68.1 cm³/mol. The summed E-state index contributed by atoms with van der Waals surface area (Å²) < 4.78 is 36.9. The van der Waals surface area contributed by atoms with Crippen molar-refractivity contribution in [2.45, 2.75) is 46.2 Å². The van der Waals surface area contributed by atoms with E-state index in [1.54, 1.807) is 13.8 Å². The number of nitrogens with zero attached hydrogens (tertiary/aromatic N) is 2. The second kappa shape index (κ2) is 6.84. The number of halogens is 3. The molecule has 1 rings (SSSR count). The van der Waals surface area contributed by atoms with Gasteiger partial charge in [0.2, 0.25) is 0 Å². The molecule has 0 amide bonds. The molecule has 0 atom stereocenters. The van der Waals surface area contributed by atoms with Gasteiger partial charge in [0.15, 0.2) is 0 Å². The highest BCUT2D eigenvalue weighted by atomic mass is 19.4. The maximum atomic E-state index is 12.3. The van der Waals surface area contributed by atoms with Crippen molar-refractivity contribution >= 4 is 0 Å². The van der Waals surface area contributed by atoms with Crippen LogP contribution in [0.3, 0.4) is 0 Å². The molecule has 6 heteroatoms. The minimum absolute atomic E-state index is 0.141. The summed E-state index contributed by atoms with van der Waals surface area (Å²) in [5, 5.41) is 3.21. The quantitative estimate of drug-likeness (QED) is 0.811. The minimum atomic E-state index is -4.26. The third-order valence-corrected chi connectivity index (χ3v) is 2.86. The molecule has 1 aromatic rings.